The third-order valence-electron chi connectivity index (χ3n) is 4.24. The quantitative estimate of drug-likeness (QED) is 0.358. The lowest BCUT2D eigenvalue weighted by molar-refractivity contribution is -0.123. The molecule has 4 rings (SSSR count). The van der Waals surface area contributed by atoms with Gasteiger partial charge in [-0.2, -0.15) is 11.3 Å². The Bertz CT molecular complexity index is 1160. The van der Waals surface area contributed by atoms with Crippen molar-refractivity contribution in [2.45, 2.75) is 13.0 Å². The van der Waals surface area contributed by atoms with Crippen LogP contribution in [0.25, 0.3) is 10.6 Å². The average Bonchev–Trinajstić information content (AvgIpc) is 3.48. The number of hydrogen-bond acceptors (Lipinski definition) is 7. The van der Waals surface area contributed by atoms with Crippen LogP contribution in [0.5, 0.6) is 11.5 Å². The van der Waals surface area contributed by atoms with E-state index in [1.807, 2.05) is 47.2 Å². The Morgan fingerprint density at radius 1 is 0.968 bits per heavy atom. The first-order valence-electron chi connectivity index (χ1n) is 9.41. The van der Waals surface area contributed by atoms with Gasteiger partial charge in [0.15, 0.2) is 11.8 Å². The normalized spacial score (nSPS) is 11.5. The Labute approximate surface area is 187 Å². The van der Waals surface area contributed by atoms with E-state index in [1.165, 1.54) is 18.3 Å². The maximum Gasteiger partial charge on any atom is 0.358 e. The number of nitrogens with zero attached hydrogens (tertiary/aromatic N) is 1. The van der Waals surface area contributed by atoms with Crippen molar-refractivity contribution >= 4 is 40.2 Å². The van der Waals surface area contributed by atoms with E-state index in [9.17, 15) is 9.59 Å². The van der Waals surface area contributed by atoms with Crippen molar-refractivity contribution in [3.8, 4) is 22.1 Å². The molecule has 0 saturated carbocycles. The summed E-state index contributed by atoms with van der Waals surface area (Å²) in [4.78, 5) is 29.1. The van der Waals surface area contributed by atoms with Gasteiger partial charge in [-0.1, -0.05) is 18.2 Å². The molecule has 1 N–H and O–H groups in total. The zero-order valence-corrected chi connectivity index (χ0v) is 18.1. The average molecular weight is 451 g/mol. The summed E-state index contributed by atoms with van der Waals surface area (Å²) in [6.07, 6.45) is -0.973. The van der Waals surface area contributed by atoms with E-state index in [1.54, 1.807) is 41.0 Å². The second-order valence-electron chi connectivity index (χ2n) is 6.53. The predicted molar refractivity (Wildman–Crippen MR) is 122 cm³/mol. The number of aromatic nitrogens is 1. The maximum absolute atomic E-state index is 12.4. The van der Waals surface area contributed by atoms with Gasteiger partial charge in [0.2, 0.25) is 0 Å². The fourth-order valence-corrected chi connectivity index (χ4v) is 4.14. The molecule has 0 spiro atoms. The molecular weight excluding hydrogens is 432 g/mol. The Balaban J connectivity index is 1.31. The summed E-state index contributed by atoms with van der Waals surface area (Å²) in [6, 6.07) is 18.3. The molecule has 0 fully saturated rings. The monoisotopic (exact) mass is 450 g/mol. The third kappa shape index (κ3) is 5.36. The van der Waals surface area contributed by atoms with E-state index >= 15 is 0 Å². The fourth-order valence-electron chi connectivity index (χ4n) is 2.64. The summed E-state index contributed by atoms with van der Waals surface area (Å²) < 4.78 is 11.0. The number of rotatable bonds is 7. The second kappa shape index (κ2) is 9.55. The van der Waals surface area contributed by atoms with Gasteiger partial charge >= 0.3 is 5.97 Å². The molecule has 0 radical (unpaired) electrons. The number of benzene rings is 2. The molecule has 2 aromatic carbocycles. The molecule has 8 heteroatoms. The highest BCUT2D eigenvalue weighted by molar-refractivity contribution is 7.14. The van der Waals surface area contributed by atoms with Crippen LogP contribution in [-0.4, -0.2) is 23.0 Å². The topological polar surface area (TPSA) is 77.5 Å². The van der Waals surface area contributed by atoms with Crippen molar-refractivity contribution in [2.24, 2.45) is 0 Å². The summed E-state index contributed by atoms with van der Waals surface area (Å²) in [5, 5.41) is 9.00. The van der Waals surface area contributed by atoms with Crippen LogP contribution in [0.1, 0.15) is 17.4 Å². The number of carbonyl (C=O) groups is 2. The van der Waals surface area contributed by atoms with Gasteiger partial charge < -0.3 is 14.8 Å². The number of amides is 1. The van der Waals surface area contributed by atoms with Crippen LogP contribution >= 0.6 is 22.7 Å². The summed E-state index contributed by atoms with van der Waals surface area (Å²) >= 11 is 2.92. The van der Waals surface area contributed by atoms with Crippen LogP contribution in [-0.2, 0) is 9.53 Å². The molecular formula is C23H18N2O4S2. The molecule has 31 heavy (non-hydrogen) atoms. The van der Waals surface area contributed by atoms with Gasteiger partial charge in [0, 0.05) is 22.0 Å². The number of esters is 1. The van der Waals surface area contributed by atoms with E-state index in [-0.39, 0.29) is 5.69 Å². The maximum atomic E-state index is 12.4. The molecule has 6 nitrogen and oxygen atoms in total. The molecule has 156 valence electrons. The van der Waals surface area contributed by atoms with Crippen molar-refractivity contribution < 1.29 is 19.1 Å². The van der Waals surface area contributed by atoms with E-state index in [0.717, 1.165) is 16.3 Å². The van der Waals surface area contributed by atoms with Crippen LogP contribution in [0.3, 0.4) is 0 Å². The predicted octanol–water partition coefficient (Wildman–Crippen LogP) is 5.85. The highest BCUT2D eigenvalue weighted by atomic mass is 32.1. The van der Waals surface area contributed by atoms with Crippen LogP contribution < -0.4 is 10.1 Å². The standard InChI is InChI=1S/C23H18N2O4S2/c1-15(28-23(27)20-14-31-22(25-20)16-11-12-30-13-16)21(26)24-17-7-9-19(10-8-17)29-18-5-3-2-4-6-18/h2-15H,1H3,(H,24,26). The van der Waals surface area contributed by atoms with Gasteiger partial charge in [-0.3, -0.25) is 4.79 Å². The first-order chi connectivity index (χ1) is 15.1. The summed E-state index contributed by atoms with van der Waals surface area (Å²) in [5.74, 6) is 0.308. The molecule has 2 aromatic heterocycles. The molecule has 0 aliphatic heterocycles. The molecule has 0 saturated heterocycles. The lowest BCUT2D eigenvalue weighted by atomic mass is 10.2. The van der Waals surface area contributed by atoms with Crippen LogP contribution in [0, 0.1) is 0 Å². The van der Waals surface area contributed by atoms with Crippen molar-refractivity contribution in [2.75, 3.05) is 5.32 Å². The lowest BCUT2D eigenvalue weighted by Crippen LogP contribution is -2.30. The van der Waals surface area contributed by atoms with Gasteiger partial charge in [0.25, 0.3) is 5.91 Å². The van der Waals surface area contributed by atoms with E-state index in [0.29, 0.717) is 11.4 Å². The highest BCUT2D eigenvalue weighted by Crippen LogP contribution is 2.26. The van der Waals surface area contributed by atoms with Crippen LogP contribution in [0.4, 0.5) is 5.69 Å². The summed E-state index contributed by atoms with van der Waals surface area (Å²) in [7, 11) is 0. The number of carbonyl (C=O) groups excluding carboxylic acids is 2. The number of nitrogens with one attached hydrogen (secondary N) is 1. The molecule has 0 aliphatic rings. The van der Waals surface area contributed by atoms with Gasteiger partial charge in [-0.05, 0) is 54.8 Å². The molecule has 0 bridgehead atoms. The number of thiophene rings is 1. The minimum absolute atomic E-state index is 0.188. The molecule has 2 heterocycles. The number of ether oxygens (including phenoxy) is 2. The number of thiazole rings is 1. The van der Waals surface area contributed by atoms with Gasteiger partial charge in [0.05, 0.1) is 0 Å². The fraction of sp³-hybridized carbons (Fsp3) is 0.0870. The first-order valence-corrected chi connectivity index (χ1v) is 11.2. The summed E-state index contributed by atoms with van der Waals surface area (Å²) in [5.41, 5.74) is 1.72. The number of anilines is 1. The molecule has 1 atom stereocenters. The van der Waals surface area contributed by atoms with Crippen molar-refractivity contribution in [3.63, 3.8) is 0 Å². The third-order valence-corrected chi connectivity index (χ3v) is 5.81. The van der Waals surface area contributed by atoms with Gasteiger partial charge in [0.1, 0.15) is 16.5 Å². The Kier molecular flexibility index (Phi) is 6.40. The van der Waals surface area contributed by atoms with Gasteiger partial charge in [-0.25, -0.2) is 9.78 Å². The molecule has 1 unspecified atom stereocenters. The Hall–Kier alpha value is -3.49. The minimum atomic E-state index is -0.973. The van der Waals surface area contributed by atoms with Gasteiger partial charge in [-0.15, -0.1) is 11.3 Å². The van der Waals surface area contributed by atoms with E-state index in [2.05, 4.69) is 10.3 Å². The minimum Gasteiger partial charge on any atom is -0.457 e. The van der Waals surface area contributed by atoms with Crippen LogP contribution in [0.15, 0.2) is 76.8 Å². The Morgan fingerprint density at radius 3 is 2.42 bits per heavy atom. The summed E-state index contributed by atoms with van der Waals surface area (Å²) in [6.45, 7) is 1.52. The smallest absolute Gasteiger partial charge is 0.358 e. The highest BCUT2D eigenvalue weighted by Gasteiger charge is 2.21. The first kappa shape index (κ1) is 20.8. The second-order valence-corrected chi connectivity index (χ2v) is 8.16. The Morgan fingerprint density at radius 2 is 1.71 bits per heavy atom. The largest absolute Gasteiger partial charge is 0.457 e. The van der Waals surface area contributed by atoms with Crippen molar-refractivity contribution in [1.82, 2.24) is 4.98 Å². The molecule has 1 amide bonds. The number of hydrogen-bond donors (Lipinski definition) is 1. The van der Waals surface area contributed by atoms with E-state index < -0.39 is 18.0 Å². The molecule has 0 aliphatic carbocycles. The van der Waals surface area contributed by atoms with Crippen LogP contribution in [0.2, 0.25) is 0 Å². The van der Waals surface area contributed by atoms with E-state index in [4.69, 9.17) is 9.47 Å². The zero-order valence-electron chi connectivity index (χ0n) is 16.5. The SMILES string of the molecule is CC(OC(=O)c1csc(-c2ccsc2)n1)C(=O)Nc1ccc(Oc2ccccc2)cc1. The number of para-hydroxylation sites is 1. The zero-order chi connectivity index (χ0) is 21.6. The van der Waals surface area contributed by atoms with Crippen molar-refractivity contribution in [1.29, 1.82) is 0 Å². The lowest BCUT2D eigenvalue weighted by Gasteiger charge is -2.13. The molecule has 4 aromatic rings. The van der Waals surface area contributed by atoms with Crippen molar-refractivity contribution in [3.05, 3.63) is 82.5 Å².